The fourth-order valence-corrected chi connectivity index (χ4v) is 3.85. The zero-order valence-corrected chi connectivity index (χ0v) is 18.2. The quantitative estimate of drug-likeness (QED) is 0.596. The van der Waals surface area contributed by atoms with Crippen molar-refractivity contribution in [3.63, 3.8) is 0 Å². The molecular weight excluding hydrogens is 408 g/mol. The average molecular weight is 434 g/mol. The molecular formula is C24H26N4O4. The van der Waals surface area contributed by atoms with Crippen LogP contribution in [0, 0.1) is 0 Å². The number of fused-ring (bicyclic) bond motifs is 1. The maximum Gasteiger partial charge on any atom is 0.339 e. The summed E-state index contributed by atoms with van der Waals surface area (Å²) in [6.07, 6.45) is 3.12. The molecule has 1 fully saturated rings. The van der Waals surface area contributed by atoms with Crippen LogP contribution in [-0.2, 0) is 4.74 Å². The molecule has 0 atom stereocenters. The molecule has 1 amide bonds. The molecule has 3 heterocycles. The minimum absolute atomic E-state index is 0.0526. The van der Waals surface area contributed by atoms with Crippen LogP contribution < -0.4 is 15.0 Å². The lowest BCUT2D eigenvalue weighted by molar-refractivity contribution is 0.0525. The van der Waals surface area contributed by atoms with Gasteiger partial charge in [0.05, 0.1) is 24.8 Å². The van der Waals surface area contributed by atoms with Gasteiger partial charge in [-0.05, 0) is 44.0 Å². The second-order valence-corrected chi connectivity index (χ2v) is 7.59. The number of hydrogen-bond acceptors (Lipinski definition) is 7. The van der Waals surface area contributed by atoms with E-state index in [9.17, 15) is 9.59 Å². The van der Waals surface area contributed by atoms with Crippen molar-refractivity contribution in [2.75, 3.05) is 31.7 Å². The molecule has 3 aromatic rings. The van der Waals surface area contributed by atoms with E-state index >= 15 is 0 Å². The van der Waals surface area contributed by atoms with Crippen LogP contribution in [0.5, 0.6) is 5.75 Å². The maximum atomic E-state index is 12.8. The van der Waals surface area contributed by atoms with Gasteiger partial charge in [0.1, 0.15) is 17.3 Å². The second kappa shape index (κ2) is 9.64. The molecule has 1 aliphatic heterocycles. The van der Waals surface area contributed by atoms with Crippen molar-refractivity contribution < 1.29 is 19.1 Å². The molecule has 0 aliphatic carbocycles. The Bertz CT molecular complexity index is 1110. The molecule has 4 rings (SSSR count). The number of esters is 1. The van der Waals surface area contributed by atoms with Gasteiger partial charge in [-0.1, -0.05) is 12.1 Å². The van der Waals surface area contributed by atoms with Crippen LogP contribution in [0.3, 0.4) is 0 Å². The number of hydrogen-bond donors (Lipinski definition) is 1. The van der Waals surface area contributed by atoms with E-state index in [2.05, 4.69) is 20.2 Å². The lowest BCUT2D eigenvalue weighted by Gasteiger charge is -2.33. The Balaban J connectivity index is 1.36. The highest BCUT2D eigenvalue weighted by atomic mass is 16.5. The molecule has 1 aliphatic rings. The minimum Gasteiger partial charge on any atom is -0.496 e. The van der Waals surface area contributed by atoms with Crippen molar-refractivity contribution in [2.24, 2.45) is 0 Å². The number of pyridine rings is 2. The summed E-state index contributed by atoms with van der Waals surface area (Å²) in [5.74, 6) is 0.869. The Labute approximate surface area is 186 Å². The van der Waals surface area contributed by atoms with Gasteiger partial charge in [0, 0.05) is 36.8 Å². The Morgan fingerprint density at radius 2 is 1.94 bits per heavy atom. The Kier molecular flexibility index (Phi) is 6.49. The molecule has 1 saturated heterocycles. The normalized spacial score (nSPS) is 14.2. The van der Waals surface area contributed by atoms with E-state index in [0.717, 1.165) is 42.7 Å². The van der Waals surface area contributed by atoms with E-state index in [1.54, 1.807) is 32.4 Å². The number of amides is 1. The van der Waals surface area contributed by atoms with Crippen molar-refractivity contribution >= 4 is 28.6 Å². The van der Waals surface area contributed by atoms with Gasteiger partial charge in [-0.3, -0.25) is 4.79 Å². The first-order valence-electron chi connectivity index (χ1n) is 10.7. The summed E-state index contributed by atoms with van der Waals surface area (Å²) in [5, 5.41) is 3.97. The third kappa shape index (κ3) is 4.64. The molecule has 8 heteroatoms. The predicted octanol–water partition coefficient (Wildman–Crippen LogP) is 3.21. The molecule has 0 spiro atoms. The number of aromatic nitrogens is 2. The fourth-order valence-electron chi connectivity index (χ4n) is 3.85. The number of benzene rings is 1. The highest BCUT2D eigenvalue weighted by Crippen LogP contribution is 2.25. The first-order chi connectivity index (χ1) is 15.6. The van der Waals surface area contributed by atoms with Crippen molar-refractivity contribution in [1.29, 1.82) is 0 Å². The van der Waals surface area contributed by atoms with Crippen LogP contribution in [0.4, 0.5) is 5.82 Å². The fraction of sp³-hybridized carbons (Fsp3) is 0.333. The number of carbonyl (C=O) groups is 2. The van der Waals surface area contributed by atoms with E-state index < -0.39 is 0 Å². The van der Waals surface area contributed by atoms with Gasteiger partial charge in [0.2, 0.25) is 0 Å². The van der Waals surface area contributed by atoms with E-state index in [-0.39, 0.29) is 17.9 Å². The van der Waals surface area contributed by atoms with Crippen molar-refractivity contribution in [3.8, 4) is 5.75 Å². The van der Waals surface area contributed by atoms with Crippen LogP contribution in [0.15, 0.2) is 48.7 Å². The second-order valence-electron chi connectivity index (χ2n) is 7.59. The standard InChI is InChI=1S/C24H26N4O4/c1-3-32-24(30)16-8-9-22(25-15-16)28-12-10-17(11-13-28)26-23(29)20-14-21(31-2)18-6-4-5-7-19(18)27-20/h4-9,14-15,17H,3,10-13H2,1-2H3,(H,26,29). The van der Waals surface area contributed by atoms with Crippen molar-refractivity contribution in [2.45, 2.75) is 25.8 Å². The molecule has 0 radical (unpaired) electrons. The van der Waals surface area contributed by atoms with Crippen LogP contribution in [-0.4, -0.2) is 54.7 Å². The number of carbonyl (C=O) groups excluding carboxylic acids is 2. The zero-order valence-electron chi connectivity index (χ0n) is 18.2. The molecule has 1 N–H and O–H groups in total. The van der Waals surface area contributed by atoms with Gasteiger partial charge in [0.15, 0.2) is 0 Å². The number of rotatable bonds is 6. The first-order valence-corrected chi connectivity index (χ1v) is 10.7. The maximum absolute atomic E-state index is 12.8. The SMILES string of the molecule is CCOC(=O)c1ccc(N2CCC(NC(=O)c3cc(OC)c4ccccc4n3)CC2)nc1. The Morgan fingerprint density at radius 1 is 1.16 bits per heavy atom. The van der Waals surface area contributed by atoms with Gasteiger partial charge in [0.25, 0.3) is 5.91 Å². The zero-order chi connectivity index (χ0) is 22.5. The van der Waals surface area contributed by atoms with Gasteiger partial charge in [-0.2, -0.15) is 0 Å². The minimum atomic E-state index is -0.369. The van der Waals surface area contributed by atoms with Crippen LogP contribution >= 0.6 is 0 Å². The third-order valence-corrected chi connectivity index (χ3v) is 5.54. The summed E-state index contributed by atoms with van der Waals surface area (Å²) < 4.78 is 10.4. The number of ether oxygens (including phenoxy) is 2. The number of anilines is 1. The summed E-state index contributed by atoms with van der Waals surface area (Å²) in [4.78, 5) is 35.7. The first kappa shape index (κ1) is 21.5. The molecule has 32 heavy (non-hydrogen) atoms. The highest BCUT2D eigenvalue weighted by Gasteiger charge is 2.23. The van der Waals surface area contributed by atoms with Crippen molar-refractivity contribution in [1.82, 2.24) is 15.3 Å². The van der Waals surface area contributed by atoms with Crippen LogP contribution in [0.25, 0.3) is 10.9 Å². The van der Waals surface area contributed by atoms with Crippen molar-refractivity contribution in [3.05, 3.63) is 59.9 Å². The van der Waals surface area contributed by atoms with Gasteiger partial charge in [-0.15, -0.1) is 0 Å². The topological polar surface area (TPSA) is 93.7 Å². The highest BCUT2D eigenvalue weighted by molar-refractivity contribution is 5.97. The Morgan fingerprint density at radius 3 is 2.62 bits per heavy atom. The molecule has 166 valence electrons. The summed E-state index contributed by atoms with van der Waals surface area (Å²) in [7, 11) is 1.59. The number of nitrogens with zero attached hydrogens (tertiary/aromatic N) is 3. The number of methoxy groups -OCH3 is 1. The summed E-state index contributed by atoms with van der Waals surface area (Å²) in [6, 6.07) is 12.9. The van der Waals surface area contributed by atoms with Crippen LogP contribution in [0.2, 0.25) is 0 Å². The largest absolute Gasteiger partial charge is 0.496 e. The lowest BCUT2D eigenvalue weighted by Crippen LogP contribution is -2.45. The lowest BCUT2D eigenvalue weighted by atomic mass is 10.0. The van der Waals surface area contributed by atoms with E-state index in [0.29, 0.717) is 23.6 Å². The van der Waals surface area contributed by atoms with Gasteiger partial charge in [-0.25, -0.2) is 14.8 Å². The monoisotopic (exact) mass is 434 g/mol. The molecule has 2 aromatic heterocycles. The number of nitrogens with one attached hydrogen (secondary N) is 1. The molecule has 1 aromatic carbocycles. The Hall–Kier alpha value is -3.68. The third-order valence-electron chi connectivity index (χ3n) is 5.54. The predicted molar refractivity (Wildman–Crippen MR) is 121 cm³/mol. The number of piperidine rings is 1. The summed E-state index contributed by atoms with van der Waals surface area (Å²) in [6.45, 7) is 3.62. The van der Waals surface area contributed by atoms with E-state index in [4.69, 9.17) is 9.47 Å². The summed E-state index contributed by atoms with van der Waals surface area (Å²) in [5.41, 5.74) is 1.51. The number of para-hydroxylation sites is 1. The summed E-state index contributed by atoms with van der Waals surface area (Å²) >= 11 is 0. The average Bonchev–Trinajstić information content (AvgIpc) is 2.84. The van der Waals surface area contributed by atoms with Gasteiger partial charge < -0.3 is 19.7 Å². The van der Waals surface area contributed by atoms with E-state index in [1.807, 2.05) is 30.3 Å². The molecule has 0 bridgehead atoms. The molecule has 0 unspecified atom stereocenters. The van der Waals surface area contributed by atoms with Crippen LogP contribution in [0.1, 0.15) is 40.6 Å². The van der Waals surface area contributed by atoms with E-state index in [1.165, 1.54) is 0 Å². The molecule has 8 nitrogen and oxygen atoms in total. The smallest absolute Gasteiger partial charge is 0.339 e. The van der Waals surface area contributed by atoms with Gasteiger partial charge >= 0.3 is 5.97 Å². The molecule has 0 saturated carbocycles.